The number of aliphatic hydroxyl groups excluding tert-OH is 2. The number of carboxylic acid groups (broad SMARTS) is 2. The summed E-state index contributed by atoms with van der Waals surface area (Å²) in [4.78, 5) is 36.3. The van der Waals surface area contributed by atoms with Crippen LogP contribution in [-0.4, -0.2) is 112 Å². The first-order chi connectivity index (χ1) is 24.6. The summed E-state index contributed by atoms with van der Waals surface area (Å²) in [6, 6.07) is 12.8. The molecule has 52 heavy (non-hydrogen) atoms. The maximum absolute atomic E-state index is 10.8. The van der Waals surface area contributed by atoms with Gasteiger partial charge in [0.05, 0.1) is 17.5 Å². The van der Waals surface area contributed by atoms with Gasteiger partial charge in [0.2, 0.25) is 0 Å². The fraction of sp³-hybridized carbons (Fsp3) is 0.364. The number of fused-ring (bicyclic) bond motifs is 2. The van der Waals surface area contributed by atoms with E-state index in [9.17, 15) is 32.8 Å². The molecule has 0 saturated carbocycles. The number of ether oxygens (including phenoxy) is 1. The number of hydrogen-bond acceptors (Lipinski definition) is 13. The summed E-state index contributed by atoms with van der Waals surface area (Å²) in [6.45, 7) is 1.82. The number of nitrogens with two attached hydrogens (primary N) is 2. The number of nitrogens with zero attached hydrogens (tertiary/aromatic N) is 4. The number of nitrogen functional groups attached to an aromatic ring is 1. The van der Waals surface area contributed by atoms with Crippen LogP contribution in [0, 0.1) is 6.92 Å². The zero-order valence-electron chi connectivity index (χ0n) is 28.3. The highest BCUT2D eigenvalue weighted by molar-refractivity contribution is 7.96. The summed E-state index contributed by atoms with van der Waals surface area (Å²) in [7, 11) is -4.50. The van der Waals surface area contributed by atoms with Crippen molar-refractivity contribution in [3.05, 3.63) is 78.5 Å². The zero-order chi connectivity index (χ0) is 38.2. The Hall–Kier alpha value is -4.63. The third-order valence-electron chi connectivity index (χ3n) is 8.13. The van der Waals surface area contributed by atoms with E-state index in [-0.39, 0.29) is 28.0 Å². The van der Waals surface area contributed by atoms with Gasteiger partial charge in [-0.05, 0) is 48.0 Å². The normalized spacial score (nSPS) is 19.7. The molecule has 2 aromatic carbocycles. The lowest BCUT2D eigenvalue weighted by Crippen LogP contribution is -2.37. The summed E-state index contributed by atoms with van der Waals surface area (Å²) in [5.41, 5.74) is 15.2. The number of benzene rings is 2. The molecule has 6 atom stereocenters. The zero-order valence-corrected chi connectivity index (χ0v) is 29.9. The third kappa shape index (κ3) is 10.5. The van der Waals surface area contributed by atoms with E-state index in [0.717, 1.165) is 22.0 Å². The van der Waals surface area contributed by atoms with Crippen molar-refractivity contribution in [3.8, 4) is 0 Å². The number of rotatable bonds is 11. The van der Waals surface area contributed by atoms with Crippen LogP contribution in [-0.2, 0) is 41.8 Å². The molecule has 280 valence electrons. The van der Waals surface area contributed by atoms with Crippen LogP contribution in [0.2, 0.25) is 0 Å². The summed E-state index contributed by atoms with van der Waals surface area (Å²) in [5.74, 6) is -0.500. The number of imidazole rings is 1. The molecule has 6 rings (SSSR count). The molecular formula is C33H41N7O10S2. The van der Waals surface area contributed by atoms with Crippen LogP contribution in [0.15, 0.2) is 72.3 Å². The first-order valence-electron chi connectivity index (χ1n) is 15.9. The first-order valence-corrected chi connectivity index (χ1v) is 19.3. The number of nitrogens with one attached hydrogen (secondary N) is 1. The molecule has 1 unspecified atom stereocenters. The number of aryl methyl sites for hydroxylation is 2. The second-order valence-electron chi connectivity index (χ2n) is 12.0. The molecule has 0 radical (unpaired) electrons. The topological polar surface area (TPSA) is 293 Å². The van der Waals surface area contributed by atoms with Crippen molar-refractivity contribution in [3.63, 3.8) is 0 Å². The van der Waals surface area contributed by atoms with E-state index in [2.05, 4.69) is 19.9 Å². The van der Waals surface area contributed by atoms with Gasteiger partial charge in [-0.2, -0.15) is 0 Å². The Morgan fingerprint density at radius 3 is 2.42 bits per heavy atom. The number of H-pyrrole nitrogens is 1. The second-order valence-corrected chi connectivity index (χ2v) is 15.7. The van der Waals surface area contributed by atoms with Gasteiger partial charge >= 0.3 is 11.9 Å². The predicted octanol–water partition coefficient (Wildman–Crippen LogP) is 1.16. The standard InChI is InChI=1S/C15H22N6O5S.C11H11NO2.C7H8O3S/c1-27(3-2-7(16)15(24)25)4-8-10(22)11(23)14(26-8)21-6-20-9-12(17)18-5-19-13(9)21;13-11(14)6-5-8-7-12-10-4-2-1-3-9(8)10;1-6-2-4-7(5-3-6)11(8,9)10/h5-8,10-11,14,22-23H,2-4,16H2,1H3,(H2-,17,18,19,24,25);1-4,7,12H,5-6H2,(H,13,14);2-5H,1H3,(H,8,9,10)/t7-,8+,10+,11+,14+,27?;;/m0../s1. The van der Waals surface area contributed by atoms with Crippen LogP contribution < -0.4 is 11.5 Å². The van der Waals surface area contributed by atoms with Crippen molar-refractivity contribution >= 4 is 60.8 Å². The lowest BCUT2D eigenvalue weighted by atomic mass is 10.1. The molecular weight excluding hydrogens is 719 g/mol. The molecule has 1 saturated heterocycles. The van der Waals surface area contributed by atoms with Gasteiger partial charge in [-0.25, -0.2) is 23.4 Å². The number of aliphatic carboxylic acids is 2. The number of carbonyl (C=O) groups is 2. The monoisotopic (exact) mass is 759 g/mol. The van der Waals surface area contributed by atoms with E-state index in [0.29, 0.717) is 35.5 Å². The van der Waals surface area contributed by atoms with E-state index in [1.54, 1.807) is 12.1 Å². The number of para-hydroxylation sites is 1. The summed E-state index contributed by atoms with van der Waals surface area (Å²) >= 11 is 0. The predicted molar refractivity (Wildman–Crippen MR) is 192 cm³/mol. The minimum absolute atomic E-state index is 0.178. The average Bonchev–Trinajstić information content (AvgIpc) is 3.79. The van der Waals surface area contributed by atoms with Crippen molar-refractivity contribution in [2.75, 3.05) is 23.5 Å². The maximum atomic E-state index is 10.8. The molecule has 9 N–H and O–H groups in total. The molecule has 4 heterocycles. The second kappa shape index (κ2) is 17.7. The quantitative estimate of drug-likeness (QED) is 0.0734. The van der Waals surface area contributed by atoms with Gasteiger partial charge in [0.1, 0.15) is 57.8 Å². The Balaban J connectivity index is 0.000000201. The molecule has 17 nitrogen and oxygen atoms in total. The highest BCUT2D eigenvalue weighted by atomic mass is 32.2. The van der Waals surface area contributed by atoms with Gasteiger partial charge in [0.25, 0.3) is 0 Å². The summed E-state index contributed by atoms with van der Waals surface area (Å²) in [5, 5.41) is 39.4. The molecule has 3 aromatic heterocycles. The van der Waals surface area contributed by atoms with Crippen molar-refractivity contribution in [1.82, 2.24) is 24.5 Å². The van der Waals surface area contributed by atoms with Gasteiger partial charge in [-0.3, -0.25) is 14.2 Å². The minimum atomic E-state index is -4.27. The molecule has 1 aliphatic rings. The van der Waals surface area contributed by atoms with Crippen LogP contribution in [0.5, 0.6) is 0 Å². The van der Waals surface area contributed by atoms with Gasteiger partial charge in [0, 0.05) is 29.9 Å². The van der Waals surface area contributed by atoms with Crippen molar-refractivity contribution in [2.24, 2.45) is 5.73 Å². The molecule has 0 bridgehead atoms. The van der Waals surface area contributed by atoms with Gasteiger partial charge in [-0.1, -0.05) is 35.9 Å². The Morgan fingerprint density at radius 2 is 1.77 bits per heavy atom. The minimum Gasteiger partial charge on any atom is -0.744 e. The van der Waals surface area contributed by atoms with E-state index in [4.69, 9.17) is 26.4 Å². The third-order valence-corrected chi connectivity index (χ3v) is 10.8. The number of aromatic amines is 1. The number of aromatic nitrogens is 5. The lowest BCUT2D eigenvalue weighted by Gasteiger charge is -2.16. The number of anilines is 1. The molecule has 1 aliphatic heterocycles. The van der Waals surface area contributed by atoms with E-state index in [1.165, 1.54) is 29.4 Å². The van der Waals surface area contributed by atoms with Crippen molar-refractivity contribution in [1.29, 1.82) is 0 Å². The molecule has 19 heteroatoms. The van der Waals surface area contributed by atoms with Gasteiger partial charge in [0.15, 0.2) is 17.7 Å². The van der Waals surface area contributed by atoms with E-state index in [1.807, 2.05) is 43.6 Å². The maximum Gasteiger partial charge on any atom is 0.320 e. The Bertz CT molecular complexity index is 2070. The van der Waals surface area contributed by atoms with E-state index >= 15 is 0 Å². The fourth-order valence-electron chi connectivity index (χ4n) is 5.25. The highest BCUT2D eigenvalue weighted by Gasteiger charge is 2.46. The Labute approximate surface area is 301 Å². The molecule has 1 fully saturated rings. The lowest BCUT2D eigenvalue weighted by molar-refractivity contribution is -0.139. The highest BCUT2D eigenvalue weighted by Crippen LogP contribution is 2.32. The fourth-order valence-corrected chi connectivity index (χ4v) is 7.38. The SMILES string of the molecule is C[S+](CC[C@H](N)C(=O)O)C[C@H]1O[C@@H](n2cnc3c(N)ncnc32)[C@H](O)[C@@H]1O.Cc1ccc(S(=O)(=O)[O-])cc1.O=C(O)CCc1c[nH]c2ccccc12. The first kappa shape index (κ1) is 40.1. The van der Waals surface area contributed by atoms with E-state index < -0.39 is 52.6 Å². The number of hydrogen-bond donors (Lipinski definition) is 7. The van der Waals surface area contributed by atoms with Crippen molar-refractivity contribution < 1.29 is 47.7 Å². The molecule has 5 aromatic rings. The molecule has 0 spiro atoms. The molecule has 0 aliphatic carbocycles. The van der Waals surface area contributed by atoms with Gasteiger partial charge in [-0.15, -0.1) is 0 Å². The van der Waals surface area contributed by atoms with Crippen LogP contribution in [0.4, 0.5) is 5.82 Å². The van der Waals surface area contributed by atoms with Crippen molar-refractivity contribution in [2.45, 2.75) is 61.7 Å². The van der Waals surface area contributed by atoms with Crippen LogP contribution in [0.1, 0.15) is 30.2 Å². The van der Waals surface area contributed by atoms with Gasteiger partial charge < -0.3 is 46.2 Å². The average molecular weight is 760 g/mol. The Morgan fingerprint density at radius 1 is 1.08 bits per heavy atom. The number of carboxylic acids is 2. The van der Waals surface area contributed by atoms with Crippen LogP contribution in [0.25, 0.3) is 22.1 Å². The smallest absolute Gasteiger partial charge is 0.320 e. The summed E-state index contributed by atoms with van der Waals surface area (Å²) < 4.78 is 38.6. The van der Waals surface area contributed by atoms with Crippen LogP contribution >= 0.6 is 0 Å². The Kier molecular flexibility index (Phi) is 13.7. The van der Waals surface area contributed by atoms with Crippen LogP contribution in [0.3, 0.4) is 0 Å². The summed E-state index contributed by atoms with van der Waals surface area (Å²) in [6.07, 6.45) is 3.96. The number of aliphatic hydroxyl groups is 2. The largest absolute Gasteiger partial charge is 0.744 e. The molecule has 0 amide bonds.